The second kappa shape index (κ2) is 5.76. The molecule has 0 radical (unpaired) electrons. The zero-order chi connectivity index (χ0) is 14.8. The van der Waals surface area contributed by atoms with Crippen LogP contribution in [0.3, 0.4) is 0 Å². The molecule has 0 saturated carbocycles. The molecule has 8 nitrogen and oxygen atoms in total. The first-order valence-corrected chi connectivity index (χ1v) is 6.76. The third-order valence-corrected chi connectivity index (χ3v) is 3.58. The highest BCUT2D eigenvalue weighted by molar-refractivity contribution is 6.33. The Hall–Kier alpha value is -2.03. The zero-order valence-corrected chi connectivity index (χ0v) is 11.7. The molecule has 1 amide bonds. The lowest BCUT2D eigenvalue weighted by molar-refractivity contribution is -0.117. The van der Waals surface area contributed by atoms with E-state index in [-0.39, 0.29) is 5.91 Å². The number of aromatic nitrogens is 4. The van der Waals surface area contributed by atoms with Crippen molar-refractivity contribution in [1.82, 2.24) is 25.5 Å². The summed E-state index contributed by atoms with van der Waals surface area (Å²) in [6.07, 6.45) is 1.34. The van der Waals surface area contributed by atoms with Crippen LogP contribution in [0.15, 0.2) is 24.5 Å². The molecule has 1 aromatic heterocycles. The van der Waals surface area contributed by atoms with E-state index in [0.717, 1.165) is 0 Å². The lowest BCUT2D eigenvalue weighted by Gasteiger charge is -2.13. The Bertz CT molecular complexity index is 647. The summed E-state index contributed by atoms with van der Waals surface area (Å²) in [5.74, 6) is -0.234. The largest absolute Gasteiger partial charge is 0.392 e. The van der Waals surface area contributed by atoms with Gasteiger partial charge in [0.25, 0.3) is 0 Å². The summed E-state index contributed by atoms with van der Waals surface area (Å²) in [5, 5.41) is 26.4. The maximum absolute atomic E-state index is 12.1. The van der Waals surface area contributed by atoms with Crippen LogP contribution in [0.2, 0.25) is 5.02 Å². The van der Waals surface area contributed by atoms with Crippen molar-refractivity contribution < 1.29 is 9.90 Å². The van der Waals surface area contributed by atoms with Crippen LogP contribution >= 0.6 is 11.6 Å². The van der Waals surface area contributed by atoms with Gasteiger partial charge in [0.2, 0.25) is 5.91 Å². The van der Waals surface area contributed by atoms with Crippen LogP contribution in [0.4, 0.5) is 5.69 Å². The van der Waals surface area contributed by atoms with Gasteiger partial charge in [-0.2, -0.15) is 0 Å². The summed E-state index contributed by atoms with van der Waals surface area (Å²) in [6.45, 7) is 0.413. The van der Waals surface area contributed by atoms with Gasteiger partial charge in [0.15, 0.2) is 0 Å². The van der Waals surface area contributed by atoms with Crippen molar-refractivity contribution >= 4 is 23.2 Å². The number of carbonyl (C=O) groups excluding carboxylic acids is 1. The normalized spacial score (nSPS) is 21.4. The van der Waals surface area contributed by atoms with Crippen LogP contribution in [0.5, 0.6) is 0 Å². The summed E-state index contributed by atoms with van der Waals surface area (Å²) >= 11 is 6.09. The van der Waals surface area contributed by atoms with E-state index in [1.54, 1.807) is 18.2 Å². The predicted octanol–water partition coefficient (Wildman–Crippen LogP) is -0.0230. The number of hydrogen-bond donors (Lipinski definition) is 3. The monoisotopic (exact) mass is 308 g/mol. The summed E-state index contributed by atoms with van der Waals surface area (Å²) in [5.41, 5.74) is 1.15. The van der Waals surface area contributed by atoms with Crippen LogP contribution in [0.1, 0.15) is 6.42 Å². The van der Waals surface area contributed by atoms with Crippen molar-refractivity contribution in [2.24, 2.45) is 0 Å². The molecule has 0 bridgehead atoms. The molecule has 2 heterocycles. The van der Waals surface area contributed by atoms with Gasteiger partial charge in [0.1, 0.15) is 6.33 Å². The summed E-state index contributed by atoms with van der Waals surface area (Å²) in [7, 11) is 0. The molecule has 2 unspecified atom stereocenters. The quantitative estimate of drug-likeness (QED) is 0.736. The third-order valence-electron chi connectivity index (χ3n) is 3.25. The second-order valence-electron chi connectivity index (χ2n) is 4.76. The van der Waals surface area contributed by atoms with Gasteiger partial charge in [0.05, 0.1) is 28.5 Å². The summed E-state index contributed by atoms with van der Waals surface area (Å²) < 4.78 is 1.46. The zero-order valence-electron chi connectivity index (χ0n) is 10.9. The third kappa shape index (κ3) is 3.02. The Balaban J connectivity index is 1.78. The van der Waals surface area contributed by atoms with Crippen molar-refractivity contribution in [3.8, 4) is 5.69 Å². The SMILES string of the molecule is O=C(Nc1cc(-n2cnnn2)ccc1Cl)C1CC(O)CN1. The van der Waals surface area contributed by atoms with E-state index >= 15 is 0 Å². The molecule has 0 spiro atoms. The minimum atomic E-state index is -0.497. The van der Waals surface area contributed by atoms with Gasteiger partial charge < -0.3 is 15.7 Å². The highest BCUT2D eigenvalue weighted by atomic mass is 35.5. The first-order valence-electron chi connectivity index (χ1n) is 6.38. The Morgan fingerprint density at radius 3 is 3.05 bits per heavy atom. The summed E-state index contributed by atoms with van der Waals surface area (Å²) in [6, 6.07) is 4.66. The maximum Gasteiger partial charge on any atom is 0.241 e. The van der Waals surface area contributed by atoms with E-state index in [1.807, 2.05) is 0 Å². The second-order valence-corrected chi connectivity index (χ2v) is 5.17. The molecule has 1 aliphatic rings. The lowest BCUT2D eigenvalue weighted by Crippen LogP contribution is -2.35. The molecule has 1 aliphatic heterocycles. The minimum Gasteiger partial charge on any atom is -0.392 e. The number of nitrogens with zero attached hydrogens (tertiary/aromatic N) is 4. The fourth-order valence-electron chi connectivity index (χ4n) is 2.17. The van der Waals surface area contributed by atoms with Crippen LogP contribution in [0.25, 0.3) is 5.69 Å². The number of carbonyl (C=O) groups is 1. The van der Waals surface area contributed by atoms with Crippen molar-refractivity contribution in [3.05, 3.63) is 29.5 Å². The number of β-amino-alcohol motifs (C(OH)–C–C–N with tert-alkyl or cyclic N) is 1. The van der Waals surface area contributed by atoms with Gasteiger partial charge in [-0.25, -0.2) is 4.68 Å². The number of aliphatic hydroxyl groups is 1. The average Bonchev–Trinajstić information content (AvgIpc) is 3.12. The standard InChI is InChI=1S/C12H13ClN6O2/c13-9-2-1-7(19-6-15-17-18-19)3-10(9)16-12(21)11-4-8(20)5-14-11/h1-3,6,8,11,14,20H,4-5H2,(H,16,21). The number of halogens is 1. The molecular formula is C12H13ClN6O2. The molecule has 3 rings (SSSR count). The number of benzene rings is 1. The smallest absolute Gasteiger partial charge is 0.241 e. The van der Waals surface area contributed by atoms with E-state index < -0.39 is 12.1 Å². The van der Waals surface area contributed by atoms with Gasteiger partial charge in [-0.3, -0.25) is 4.79 Å². The fraction of sp³-hybridized carbons (Fsp3) is 0.333. The van der Waals surface area contributed by atoms with Gasteiger partial charge in [-0.15, -0.1) is 5.10 Å². The number of rotatable bonds is 3. The highest BCUT2D eigenvalue weighted by Crippen LogP contribution is 2.25. The van der Waals surface area contributed by atoms with E-state index in [9.17, 15) is 9.90 Å². The topological polar surface area (TPSA) is 105 Å². The maximum atomic E-state index is 12.1. The van der Waals surface area contributed by atoms with Crippen molar-refractivity contribution in [2.45, 2.75) is 18.6 Å². The number of amides is 1. The molecule has 0 aliphatic carbocycles. The Kier molecular flexibility index (Phi) is 3.82. The fourth-order valence-corrected chi connectivity index (χ4v) is 2.33. The van der Waals surface area contributed by atoms with Crippen molar-refractivity contribution in [2.75, 3.05) is 11.9 Å². The first kappa shape index (κ1) is 13.9. The first-order chi connectivity index (χ1) is 10.1. The van der Waals surface area contributed by atoms with Crippen LogP contribution in [-0.4, -0.2) is 49.9 Å². The lowest BCUT2D eigenvalue weighted by atomic mass is 10.2. The highest BCUT2D eigenvalue weighted by Gasteiger charge is 2.28. The molecule has 1 fully saturated rings. The van der Waals surface area contributed by atoms with E-state index in [0.29, 0.717) is 29.4 Å². The molecular weight excluding hydrogens is 296 g/mol. The molecule has 21 heavy (non-hydrogen) atoms. The van der Waals surface area contributed by atoms with Gasteiger partial charge >= 0.3 is 0 Å². The number of nitrogens with one attached hydrogen (secondary N) is 2. The molecule has 9 heteroatoms. The van der Waals surface area contributed by atoms with Crippen molar-refractivity contribution in [3.63, 3.8) is 0 Å². The van der Waals surface area contributed by atoms with Gasteiger partial charge in [0, 0.05) is 6.54 Å². The Morgan fingerprint density at radius 2 is 2.38 bits per heavy atom. The van der Waals surface area contributed by atoms with Crippen molar-refractivity contribution in [1.29, 1.82) is 0 Å². The number of hydrogen-bond acceptors (Lipinski definition) is 6. The molecule has 1 aromatic carbocycles. The van der Waals surface area contributed by atoms with E-state index in [1.165, 1.54) is 11.0 Å². The van der Waals surface area contributed by atoms with E-state index in [2.05, 4.69) is 26.2 Å². The summed E-state index contributed by atoms with van der Waals surface area (Å²) in [4.78, 5) is 12.1. The van der Waals surface area contributed by atoms with Gasteiger partial charge in [-0.1, -0.05) is 11.6 Å². The predicted molar refractivity (Wildman–Crippen MR) is 75.2 cm³/mol. The minimum absolute atomic E-state index is 0.234. The number of tetrazole rings is 1. The molecule has 3 N–H and O–H groups in total. The molecule has 110 valence electrons. The Labute approximate surface area is 125 Å². The number of anilines is 1. The van der Waals surface area contributed by atoms with Crippen LogP contribution in [-0.2, 0) is 4.79 Å². The molecule has 2 aromatic rings. The Morgan fingerprint density at radius 1 is 1.52 bits per heavy atom. The van der Waals surface area contributed by atoms with E-state index in [4.69, 9.17) is 11.6 Å². The number of aliphatic hydroxyl groups excluding tert-OH is 1. The van der Waals surface area contributed by atoms with Crippen LogP contribution in [0, 0.1) is 0 Å². The van der Waals surface area contributed by atoms with Crippen LogP contribution < -0.4 is 10.6 Å². The molecule has 2 atom stereocenters. The molecule has 1 saturated heterocycles. The van der Waals surface area contributed by atoms with Gasteiger partial charge in [-0.05, 0) is 35.0 Å². The average molecular weight is 309 g/mol.